The minimum Gasteiger partial charge on any atom is -0.0622 e. The summed E-state index contributed by atoms with van der Waals surface area (Å²) < 4.78 is 0. The molecule has 0 fully saturated rings. The van der Waals surface area contributed by atoms with E-state index >= 15 is 0 Å². The van der Waals surface area contributed by atoms with Gasteiger partial charge in [0.15, 0.2) is 0 Å². The van der Waals surface area contributed by atoms with Gasteiger partial charge in [0, 0.05) is 0 Å². The zero-order valence-electron chi connectivity index (χ0n) is 28.6. The minimum absolute atomic E-state index is 1.21. The van der Waals surface area contributed by atoms with Crippen LogP contribution in [0.3, 0.4) is 0 Å². The summed E-state index contributed by atoms with van der Waals surface area (Å²) in [7, 11) is 0. The molecular formula is C52H34. The van der Waals surface area contributed by atoms with Gasteiger partial charge in [-0.15, -0.1) is 0 Å². The van der Waals surface area contributed by atoms with Crippen molar-refractivity contribution in [3.05, 3.63) is 206 Å². The molecule has 0 aromatic heterocycles. The summed E-state index contributed by atoms with van der Waals surface area (Å²) in [5, 5.41) is 10.1. The van der Waals surface area contributed by atoms with Crippen molar-refractivity contribution in [3.63, 3.8) is 0 Å². The number of fused-ring (bicyclic) bond motifs is 5. The average molecular weight is 659 g/mol. The van der Waals surface area contributed by atoms with Crippen LogP contribution < -0.4 is 0 Å². The minimum atomic E-state index is 1.21. The van der Waals surface area contributed by atoms with Gasteiger partial charge in [-0.1, -0.05) is 194 Å². The van der Waals surface area contributed by atoms with Gasteiger partial charge in [-0.2, -0.15) is 0 Å². The van der Waals surface area contributed by atoms with Crippen molar-refractivity contribution >= 4 is 43.1 Å². The fraction of sp³-hybridized carbons (Fsp3) is 0. The highest BCUT2D eigenvalue weighted by molar-refractivity contribution is 6.23. The molecule has 10 aromatic carbocycles. The standard InChI is InChI=1S/C52H34/c1-3-15-39(16-4-1)51-49-33-41(35-25-27-38(28-26-35)45-23-11-19-36-13-7-9-21-43(36)45)29-31-47(49)48-32-30-42(34-50(48)52(51)40-17-5-2-6-18-40)46-24-12-20-37-14-8-10-22-44(37)46/h1-34H. The zero-order valence-corrected chi connectivity index (χ0v) is 28.6. The van der Waals surface area contributed by atoms with Crippen LogP contribution in [0.2, 0.25) is 0 Å². The average Bonchev–Trinajstić information content (AvgIpc) is 3.23. The number of benzene rings is 10. The van der Waals surface area contributed by atoms with E-state index in [0.29, 0.717) is 0 Å². The molecule has 0 amide bonds. The van der Waals surface area contributed by atoms with E-state index in [4.69, 9.17) is 0 Å². The highest BCUT2D eigenvalue weighted by Gasteiger charge is 2.19. The molecule has 0 aliphatic heterocycles. The van der Waals surface area contributed by atoms with Gasteiger partial charge < -0.3 is 0 Å². The normalized spacial score (nSPS) is 11.5. The van der Waals surface area contributed by atoms with Crippen molar-refractivity contribution in [3.8, 4) is 55.6 Å². The largest absolute Gasteiger partial charge is 0.0622 e. The molecule has 0 heterocycles. The van der Waals surface area contributed by atoms with E-state index in [-0.39, 0.29) is 0 Å². The van der Waals surface area contributed by atoms with Gasteiger partial charge in [0.25, 0.3) is 0 Å². The molecule has 0 saturated heterocycles. The summed E-state index contributed by atoms with van der Waals surface area (Å²) in [6, 6.07) is 75.6. The second kappa shape index (κ2) is 12.5. The summed E-state index contributed by atoms with van der Waals surface area (Å²) in [4.78, 5) is 0. The van der Waals surface area contributed by atoms with E-state index in [1.54, 1.807) is 0 Å². The van der Waals surface area contributed by atoms with Gasteiger partial charge in [-0.25, -0.2) is 0 Å². The Bertz CT molecular complexity index is 2910. The third-order valence-electron chi connectivity index (χ3n) is 10.7. The van der Waals surface area contributed by atoms with Crippen molar-refractivity contribution in [2.45, 2.75) is 0 Å². The SMILES string of the molecule is c1ccc(-c2c(-c3ccccc3)c3cc(-c4cccc5ccccc45)ccc3c3ccc(-c4ccc(-c5cccc6ccccc56)cc4)cc23)cc1. The van der Waals surface area contributed by atoms with E-state index < -0.39 is 0 Å². The third kappa shape index (κ3) is 5.08. The van der Waals surface area contributed by atoms with Crippen LogP contribution in [0.15, 0.2) is 206 Å². The molecule has 10 rings (SSSR count). The first kappa shape index (κ1) is 30.1. The summed E-state index contributed by atoms with van der Waals surface area (Å²) in [6.45, 7) is 0. The van der Waals surface area contributed by atoms with Gasteiger partial charge in [0.1, 0.15) is 0 Å². The van der Waals surface area contributed by atoms with Crippen molar-refractivity contribution in [1.29, 1.82) is 0 Å². The van der Waals surface area contributed by atoms with Crippen LogP contribution in [-0.4, -0.2) is 0 Å². The second-order valence-corrected chi connectivity index (χ2v) is 13.6. The molecule has 0 aliphatic carbocycles. The Morgan fingerprint density at radius 3 is 1.15 bits per heavy atom. The summed E-state index contributed by atoms with van der Waals surface area (Å²) >= 11 is 0. The lowest BCUT2D eigenvalue weighted by Crippen LogP contribution is -1.93. The molecule has 0 saturated carbocycles. The Labute approximate surface area is 303 Å². The first-order chi connectivity index (χ1) is 25.8. The van der Waals surface area contributed by atoms with Gasteiger partial charge in [0.2, 0.25) is 0 Å². The predicted molar refractivity (Wildman–Crippen MR) is 224 cm³/mol. The molecule has 242 valence electrons. The van der Waals surface area contributed by atoms with Crippen LogP contribution in [0.4, 0.5) is 0 Å². The first-order valence-electron chi connectivity index (χ1n) is 18.0. The van der Waals surface area contributed by atoms with Crippen molar-refractivity contribution in [1.82, 2.24) is 0 Å². The highest BCUT2D eigenvalue weighted by atomic mass is 14.2. The molecule has 0 unspecified atom stereocenters. The maximum atomic E-state index is 2.42. The fourth-order valence-electron chi connectivity index (χ4n) is 8.19. The van der Waals surface area contributed by atoms with Gasteiger partial charge in [0.05, 0.1) is 0 Å². The van der Waals surface area contributed by atoms with E-state index in [2.05, 4.69) is 206 Å². The molecule has 0 aliphatic rings. The number of rotatable bonds is 5. The van der Waals surface area contributed by atoms with Crippen molar-refractivity contribution < 1.29 is 0 Å². The molecule has 0 spiro atoms. The fourth-order valence-corrected chi connectivity index (χ4v) is 8.19. The molecular weight excluding hydrogens is 625 g/mol. The van der Waals surface area contributed by atoms with Crippen LogP contribution in [0.5, 0.6) is 0 Å². The monoisotopic (exact) mass is 658 g/mol. The maximum Gasteiger partial charge on any atom is -0.00201 e. The topological polar surface area (TPSA) is 0 Å². The predicted octanol–water partition coefficient (Wildman–Crippen LogP) is 14.6. The van der Waals surface area contributed by atoms with Crippen LogP contribution in [0, 0.1) is 0 Å². The van der Waals surface area contributed by atoms with E-state index in [9.17, 15) is 0 Å². The lowest BCUT2D eigenvalue weighted by Gasteiger charge is -2.20. The number of hydrogen-bond donors (Lipinski definition) is 0. The lowest BCUT2D eigenvalue weighted by atomic mass is 9.83. The molecule has 52 heavy (non-hydrogen) atoms. The van der Waals surface area contributed by atoms with Crippen molar-refractivity contribution in [2.75, 3.05) is 0 Å². The molecule has 0 atom stereocenters. The summed E-state index contributed by atoms with van der Waals surface area (Å²) in [6.07, 6.45) is 0. The van der Waals surface area contributed by atoms with Crippen molar-refractivity contribution in [2.24, 2.45) is 0 Å². The Kier molecular flexibility index (Phi) is 7.25. The molecule has 0 radical (unpaired) electrons. The quantitative estimate of drug-likeness (QED) is 0.161. The molecule has 0 N–H and O–H groups in total. The number of hydrogen-bond acceptors (Lipinski definition) is 0. The Balaban J connectivity index is 1.22. The second-order valence-electron chi connectivity index (χ2n) is 13.6. The highest BCUT2D eigenvalue weighted by Crippen LogP contribution is 2.47. The smallest absolute Gasteiger partial charge is 0.00201 e. The Morgan fingerprint density at radius 1 is 0.192 bits per heavy atom. The van der Waals surface area contributed by atoms with Gasteiger partial charge >= 0.3 is 0 Å². The van der Waals surface area contributed by atoms with Crippen LogP contribution >= 0.6 is 0 Å². The van der Waals surface area contributed by atoms with Crippen LogP contribution in [0.25, 0.3) is 98.7 Å². The lowest BCUT2D eigenvalue weighted by molar-refractivity contribution is 1.61. The molecule has 0 nitrogen and oxygen atoms in total. The molecule has 0 heteroatoms. The van der Waals surface area contributed by atoms with Crippen LogP contribution in [-0.2, 0) is 0 Å². The molecule has 10 aromatic rings. The Hall–Kier alpha value is -6.76. The van der Waals surface area contributed by atoms with E-state index in [1.807, 2.05) is 0 Å². The van der Waals surface area contributed by atoms with E-state index in [0.717, 1.165) is 0 Å². The Morgan fingerprint density at radius 2 is 0.596 bits per heavy atom. The zero-order chi connectivity index (χ0) is 34.4. The van der Waals surface area contributed by atoms with Gasteiger partial charge in [-0.05, 0) is 111 Å². The maximum absolute atomic E-state index is 2.42. The summed E-state index contributed by atoms with van der Waals surface area (Å²) in [5.41, 5.74) is 12.3. The first-order valence-corrected chi connectivity index (χ1v) is 18.0. The van der Waals surface area contributed by atoms with E-state index in [1.165, 1.54) is 98.7 Å². The molecule has 0 bridgehead atoms. The summed E-state index contributed by atoms with van der Waals surface area (Å²) in [5.74, 6) is 0. The third-order valence-corrected chi connectivity index (χ3v) is 10.7. The van der Waals surface area contributed by atoms with Gasteiger partial charge in [-0.3, -0.25) is 0 Å². The van der Waals surface area contributed by atoms with Crippen LogP contribution in [0.1, 0.15) is 0 Å².